The minimum atomic E-state index is -1.22. The van der Waals surface area contributed by atoms with Crippen molar-refractivity contribution in [3.05, 3.63) is 0 Å². The Morgan fingerprint density at radius 3 is 1.45 bits per heavy atom. The number of rotatable bonds is 3. The van der Waals surface area contributed by atoms with Gasteiger partial charge in [-0.1, -0.05) is 0 Å². The fourth-order valence-corrected chi connectivity index (χ4v) is 1.02. The van der Waals surface area contributed by atoms with Gasteiger partial charge in [0.1, 0.15) is 0 Å². The molecule has 0 aliphatic rings. The molecule has 0 spiro atoms. The van der Waals surface area contributed by atoms with Gasteiger partial charge in [0.25, 0.3) is 0 Å². The molecule has 0 aromatic rings. The van der Waals surface area contributed by atoms with Crippen molar-refractivity contribution in [2.24, 2.45) is 0 Å². The van der Waals surface area contributed by atoms with Crippen molar-refractivity contribution in [1.82, 2.24) is 9.44 Å². The first-order valence-corrected chi connectivity index (χ1v) is 4.08. The van der Waals surface area contributed by atoms with E-state index in [-0.39, 0.29) is 19.5 Å². The molecule has 0 saturated carbocycles. The maximum atomic E-state index is 9.72. The predicted octanol–water partition coefficient (Wildman–Crippen LogP) is 0.730. The van der Waals surface area contributed by atoms with E-state index in [0.717, 1.165) is 0 Å². The number of amides is 2. The van der Waals surface area contributed by atoms with Crippen LogP contribution in [0.4, 0.5) is 9.59 Å². The maximum Gasteiger partial charge on any atom is 0.415 e. The monoisotopic (exact) mass is 248 g/mol. The second-order valence-electron chi connectivity index (χ2n) is 0.981. The van der Waals surface area contributed by atoms with Gasteiger partial charge in [-0.15, -0.1) is 0 Å². The number of carboxylic acid groups (broad SMARTS) is 2. The Morgan fingerprint density at radius 1 is 1.00 bits per heavy atom. The summed E-state index contributed by atoms with van der Waals surface area (Å²) in [6.07, 6.45) is -2.44. The largest absolute Gasteiger partial charge is 0.464 e. The molecule has 0 radical (unpaired) electrons. The zero-order chi connectivity index (χ0) is 7.98. The quantitative estimate of drug-likeness (QED) is 0.255. The first kappa shape index (κ1) is 13.5. The summed E-state index contributed by atoms with van der Waals surface area (Å²) in [6, 6.07) is 0. The standard InChI is InChI=1S/C2H4N2O4S2.Zn/c5-1(6)3-9-10-4-2(7)8;/h3-4H,(H,5,6)(H,7,8);. The first-order valence-electron chi connectivity index (χ1n) is 1.93. The van der Waals surface area contributed by atoms with E-state index in [0.29, 0.717) is 22.0 Å². The molecule has 6 nitrogen and oxygen atoms in total. The Kier molecular flexibility index (Phi) is 9.74. The average molecular weight is 250 g/mol. The summed E-state index contributed by atoms with van der Waals surface area (Å²) in [6.45, 7) is 0. The van der Waals surface area contributed by atoms with Gasteiger partial charge in [-0.25, -0.2) is 9.59 Å². The van der Waals surface area contributed by atoms with E-state index in [1.807, 2.05) is 9.44 Å². The van der Waals surface area contributed by atoms with Crippen LogP contribution in [0.1, 0.15) is 0 Å². The smallest absolute Gasteiger partial charge is 0.415 e. The van der Waals surface area contributed by atoms with Gasteiger partial charge in [0.15, 0.2) is 0 Å². The van der Waals surface area contributed by atoms with Crippen LogP contribution in [0.25, 0.3) is 0 Å². The van der Waals surface area contributed by atoms with Gasteiger partial charge >= 0.3 is 12.2 Å². The van der Waals surface area contributed by atoms with Crippen molar-refractivity contribution >= 4 is 34.1 Å². The molecule has 0 aromatic carbocycles. The van der Waals surface area contributed by atoms with Gasteiger partial charge in [-0.2, -0.15) is 0 Å². The molecule has 0 atom stereocenters. The van der Waals surface area contributed by atoms with E-state index in [1.54, 1.807) is 0 Å². The van der Waals surface area contributed by atoms with Crippen molar-refractivity contribution in [3.63, 3.8) is 0 Å². The molecule has 0 rings (SSSR count). The van der Waals surface area contributed by atoms with E-state index in [9.17, 15) is 9.59 Å². The van der Waals surface area contributed by atoms with Crippen LogP contribution < -0.4 is 9.44 Å². The zero-order valence-corrected chi connectivity index (χ0v) is 9.83. The molecule has 4 N–H and O–H groups in total. The summed E-state index contributed by atoms with van der Waals surface area (Å²) in [5, 5.41) is 15.9. The van der Waals surface area contributed by atoms with Crippen LogP contribution in [0, 0.1) is 0 Å². The van der Waals surface area contributed by atoms with Crippen LogP contribution in [0.5, 0.6) is 0 Å². The van der Waals surface area contributed by atoms with Crippen molar-refractivity contribution in [1.29, 1.82) is 0 Å². The minimum Gasteiger partial charge on any atom is -0.464 e. The van der Waals surface area contributed by atoms with Crippen LogP contribution >= 0.6 is 22.0 Å². The molecule has 0 saturated heterocycles. The van der Waals surface area contributed by atoms with Crippen LogP contribution in [-0.2, 0) is 19.5 Å². The van der Waals surface area contributed by atoms with E-state index < -0.39 is 12.2 Å². The van der Waals surface area contributed by atoms with E-state index in [1.165, 1.54) is 0 Å². The molecule has 0 aliphatic carbocycles. The number of carbonyl (C=O) groups is 2. The molecule has 0 bridgehead atoms. The summed E-state index contributed by atoms with van der Waals surface area (Å²) >= 11 is 0. The summed E-state index contributed by atoms with van der Waals surface area (Å²) in [7, 11) is 1.33. The van der Waals surface area contributed by atoms with Crippen LogP contribution in [0.15, 0.2) is 0 Å². The van der Waals surface area contributed by atoms with Gasteiger partial charge < -0.3 is 10.2 Å². The summed E-state index contributed by atoms with van der Waals surface area (Å²) in [5.74, 6) is 0. The SMILES string of the molecule is O=C(O)NSSNC(=O)O.[Zn]. The molecule has 60 valence electrons. The molecule has 0 fully saturated rings. The van der Waals surface area contributed by atoms with Crippen LogP contribution in [0.2, 0.25) is 0 Å². The molecule has 0 heterocycles. The fraction of sp³-hybridized carbons (Fsp3) is 0. The topological polar surface area (TPSA) is 98.7 Å². The van der Waals surface area contributed by atoms with E-state index >= 15 is 0 Å². The Labute approximate surface area is 82.9 Å². The fourth-order valence-electron chi connectivity index (χ4n) is 0.113. The van der Waals surface area contributed by atoms with Gasteiger partial charge in [0, 0.05) is 41.4 Å². The molecular formula is C2H4N2O4S2Zn. The van der Waals surface area contributed by atoms with Gasteiger partial charge in [-0.3, -0.25) is 9.44 Å². The Morgan fingerprint density at radius 2 is 1.27 bits per heavy atom. The first-order chi connectivity index (χ1) is 4.63. The van der Waals surface area contributed by atoms with Gasteiger partial charge in [0.05, 0.1) is 0 Å². The maximum absolute atomic E-state index is 9.72. The molecule has 2 amide bonds. The molecule has 0 unspecified atom stereocenters. The average Bonchev–Trinajstić information content (AvgIpc) is 1.79. The number of nitrogens with one attached hydrogen (secondary N) is 2. The van der Waals surface area contributed by atoms with Gasteiger partial charge in [0.2, 0.25) is 0 Å². The summed E-state index contributed by atoms with van der Waals surface area (Å²) in [4.78, 5) is 19.4. The van der Waals surface area contributed by atoms with Gasteiger partial charge in [-0.05, 0) is 0 Å². The normalized spacial score (nSPS) is 7.64. The van der Waals surface area contributed by atoms with E-state index in [2.05, 4.69) is 0 Å². The van der Waals surface area contributed by atoms with Crippen molar-refractivity contribution in [2.75, 3.05) is 0 Å². The molecule has 11 heavy (non-hydrogen) atoms. The number of hydrogen-bond acceptors (Lipinski definition) is 4. The van der Waals surface area contributed by atoms with Crippen LogP contribution in [0.3, 0.4) is 0 Å². The number of hydrogen-bond donors (Lipinski definition) is 4. The Bertz CT molecular complexity index is 128. The summed E-state index contributed by atoms with van der Waals surface area (Å²) in [5.41, 5.74) is 0. The van der Waals surface area contributed by atoms with Crippen molar-refractivity contribution < 1.29 is 39.3 Å². The third-order valence-electron chi connectivity index (χ3n) is 0.300. The zero-order valence-electron chi connectivity index (χ0n) is 5.23. The molecule has 9 heteroatoms. The molecular weight excluding hydrogens is 246 g/mol. The third-order valence-corrected chi connectivity index (χ3v) is 1.65. The Hall–Kier alpha value is -0.137. The second kappa shape index (κ2) is 7.96. The van der Waals surface area contributed by atoms with E-state index in [4.69, 9.17) is 10.2 Å². The second-order valence-corrected chi connectivity index (χ2v) is 2.72. The van der Waals surface area contributed by atoms with Crippen molar-refractivity contribution in [3.8, 4) is 0 Å². The van der Waals surface area contributed by atoms with Crippen molar-refractivity contribution in [2.45, 2.75) is 0 Å². The molecule has 0 aromatic heterocycles. The summed E-state index contributed by atoms with van der Waals surface area (Å²) < 4.78 is 3.74. The van der Waals surface area contributed by atoms with Crippen LogP contribution in [-0.4, -0.2) is 22.4 Å². The molecule has 0 aliphatic heterocycles. The Balaban J connectivity index is 0. The minimum absolute atomic E-state index is 0. The predicted molar refractivity (Wildman–Crippen MR) is 37.5 cm³/mol. The third kappa shape index (κ3) is 12.9.